The van der Waals surface area contributed by atoms with E-state index in [0.29, 0.717) is 12.5 Å². The Balaban J connectivity index is 1.85. The van der Waals surface area contributed by atoms with Gasteiger partial charge in [-0.15, -0.1) is 0 Å². The van der Waals surface area contributed by atoms with E-state index < -0.39 is 9.84 Å². The van der Waals surface area contributed by atoms with Crippen LogP contribution in [0.2, 0.25) is 0 Å². The molecule has 0 aliphatic heterocycles. The van der Waals surface area contributed by atoms with Gasteiger partial charge in [-0.3, -0.25) is 0 Å². The summed E-state index contributed by atoms with van der Waals surface area (Å²) in [5, 5.41) is 3.31. The molecule has 1 aliphatic rings. The molecule has 0 radical (unpaired) electrons. The van der Waals surface area contributed by atoms with Gasteiger partial charge in [-0.2, -0.15) is 0 Å². The van der Waals surface area contributed by atoms with E-state index in [-0.39, 0.29) is 11.5 Å². The molecule has 19 heavy (non-hydrogen) atoms. The van der Waals surface area contributed by atoms with Crippen molar-refractivity contribution in [3.63, 3.8) is 0 Å². The van der Waals surface area contributed by atoms with Crippen molar-refractivity contribution in [3.05, 3.63) is 35.4 Å². The van der Waals surface area contributed by atoms with Crippen LogP contribution in [0, 0.1) is 0 Å². The van der Waals surface area contributed by atoms with Crippen molar-refractivity contribution < 1.29 is 8.42 Å². The number of aryl methyl sites for hydroxylation is 1. The third-order valence-corrected chi connectivity index (χ3v) is 5.62. The molecule has 1 unspecified atom stereocenters. The second-order valence-electron chi connectivity index (χ2n) is 5.23. The number of sulfone groups is 1. The number of rotatable bonds is 6. The smallest absolute Gasteiger partial charge is 0.151 e. The monoisotopic (exact) mass is 281 g/mol. The Morgan fingerprint density at radius 1 is 1.32 bits per heavy atom. The number of fused-ring (bicyclic) bond motifs is 1. The molecule has 0 saturated carbocycles. The van der Waals surface area contributed by atoms with Gasteiger partial charge in [0.25, 0.3) is 0 Å². The van der Waals surface area contributed by atoms with E-state index in [1.807, 2.05) is 0 Å². The van der Waals surface area contributed by atoms with Crippen LogP contribution in [-0.4, -0.2) is 33.0 Å². The van der Waals surface area contributed by atoms with Crippen LogP contribution in [0.4, 0.5) is 0 Å². The van der Waals surface area contributed by atoms with E-state index in [1.54, 1.807) is 6.92 Å². The first-order chi connectivity index (χ1) is 9.12. The Morgan fingerprint density at radius 3 is 2.89 bits per heavy atom. The zero-order valence-corrected chi connectivity index (χ0v) is 12.4. The second kappa shape index (κ2) is 6.53. The fourth-order valence-corrected chi connectivity index (χ4v) is 3.46. The topological polar surface area (TPSA) is 46.2 Å². The number of hydrogen-bond acceptors (Lipinski definition) is 3. The lowest BCUT2D eigenvalue weighted by Crippen LogP contribution is -2.29. The van der Waals surface area contributed by atoms with Crippen molar-refractivity contribution in [1.29, 1.82) is 0 Å². The summed E-state index contributed by atoms with van der Waals surface area (Å²) in [6, 6.07) is 8.62. The van der Waals surface area contributed by atoms with E-state index in [9.17, 15) is 8.42 Å². The molecule has 0 amide bonds. The molecule has 4 heteroatoms. The summed E-state index contributed by atoms with van der Waals surface area (Å²) in [6.07, 6.45) is 3.61. The summed E-state index contributed by atoms with van der Waals surface area (Å²) in [6.45, 7) is 3.15. The highest BCUT2D eigenvalue weighted by Gasteiger charge is 2.19. The molecule has 1 N–H and O–H groups in total. The van der Waals surface area contributed by atoms with E-state index in [1.165, 1.54) is 30.4 Å². The van der Waals surface area contributed by atoms with Crippen LogP contribution in [0.25, 0.3) is 0 Å². The molecule has 0 spiro atoms. The lowest BCUT2D eigenvalue weighted by Gasteiger charge is -2.25. The molecule has 3 nitrogen and oxygen atoms in total. The molecule has 106 valence electrons. The Labute approximate surface area is 116 Å². The average Bonchev–Trinajstić information content (AvgIpc) is 2.44. The Hall–Kier alpha value is -0.870. The first kappa shape index (κ1) is 14.5. The molecule has 0 bridgehead atoms. The van der Waals surface area contributed by atoms with Crippen LogP contribution in [0.5, 0.6) is 0 Å². The van der Waals surface area contributed by atoms with Gasteiger partial charge in [0.2, 0.25) is 0 Å². The third-order valence-electron chi connectivity index (χ3n) is 3.91. The van der Waals surface area contributed by atoms with Crippen LogP contribution in [0.3, 0.4) is 0 Å². The predicted octanol–water partition coefficient (Wildman–Crippen LogP) is 2.13. The minimum atomic E-state index is -2.85. The summed E-state index contributed by atoms with van der Waals surface area (Å²) in [7, 11) is -2.85. The molecule has 0 aromatic heterocycles. The lowest BCUT2D eigenvalue weighted by atomic mass is 9.83. The number of benzene rings is 1. The van der Waals surface area contributed by atoms with E-state index in [0.717, 1.165) is 6.54 Å². The SMILES string of the molecule is CCS(=O)(=O)CCNCC1CCCc2ccccc21. The normalized spacial score (nSPS) is 19.1. The van der Waals surface area contributed by atoms with Gasteiger partial charge in [0.15, 0.2) is 9.84 Å². The first-order valence-electron chi connectivity index (χ1n) is 7.11. The van der Waals surface area contributed by atoms with Crippen molar-refractivity contribution in [3.8, 4) is 0 Å². The fourth-order valence-electron chi connectivity index (χ4n) is 2.71. The van der Waals surface area contributed by atoms with Gasteiger partial charge >= 0.3 is 0 Å². The molecule has 2 rings (SSSR count). The number of nitrogens with one attached hydrogen (secondary N) is 1. The maximum absolute atomic E-state index is 11.4. The third kappa shape index (κ3) is 4.05. The largest absolute Gasteiger partial charge is 0.315 e. The maximum atomic E-state index is 11.4. The highest BCUT2D eigenvalue weighted by molar-refractivity contribution is 7.91. The van der Waals surface area contributed by atoms with Crippen LogP contribution in [0.15, 0.2) is 24.3 Å². The fraction of sp³-hybridized carbons (Fsp3) is 0.600. The van der Waals surface area contributed by atoms with E-state index >= 15 is 0 Å². The van der Waals surface area contributed by atoms with Gasteiger partial charge in [-0.05, 0) is 36.3 Å². The van der Waals surface area contributed by atoms with Crippen molar-refractivity contribution in [1.82, 2.24) is 5.32 Å². The molecular weight excluding hydrogens is 258 g/mol. The van der Waals surface area contributed by atoms with Gasteiger partial charge in [-0.1, -0.05) is 31.2 Å². The zero-order chi connectivity index (χ0) is 13.7. The molecule has 0 fully saturated rings. The first-order valence-corrected chi connectivity index (χ1v) is 8.93. The van der Waals surface area contributed by atoms with Gasteiger partial charge < -0.3 is 5.32 Å². The highest BCUT2D eigenvalue weighted by Crippen LogP contribution is 2.30. The average molecular weight is 281 g/mol. The van der Waals surface area contributed by atoms with Gasteiger partial charge in [0.1, 0.15) is 0 Å². The highest BCUT2D eigenvalue weighted by atomic mass is 32.2. The van der Waals surface area contributed by atoms with Crippen molar-refractivity contribution in [2.24, 2.45) is 0 Å². The van der Waals surface area contributed by atoms with Crippen LogP contribution in [-0.2, 0) is 16.3 Å². The Bertz CT molecular complexity index is 511. The standard InChI is InChI=1S/C15H23NO2S/c1-2-19(17,18)11-10-16-12-14-8-5-7-13-6-3-4-9-15(13)14/h3-4,6,9,14,16H,2,5,7-8,10-12H2,1H3. The molecule has 1 aromatic rings. The van der Waals surface area contributed by atoms with Crippen LogP contribution in [0.1, 0.15) is 36.8 Å². The van der Waals surface area contributed by atoms with Gasteiger partial charge in [0.05, 0.1) is 5.75 Å². The van der Waals surface area contributed by atoms with E-state index in [2.05, 4.69) is 29.6 Å². The summed E-state index contributed by atoms with van der Waals surface area (Å²) < 4.78 is 22.8. The molecular formula is C15H23NO2S. The second-order valence-corrected chi connectivity index (χ2v) is 7.70. The molecule has 1 aromatic carbocycles. The lowest BCUT2D eigenvalue weighted by molar-refractivity contribution is 0.513. The number of hydrogen-bond donors (Lipinski definition) is 1. The van der Waals surface area contributed by atoms with Crippen molar-refractivity contribution >= 4 is 9.84 Å². The molecule has 1 aliphatic carbocycles. The summed E-state index contributed by atoms with van der Waals surface area (Å²) in [4.78, 5) is 0. The molecule has 0 saturated heterocycles. The molecule has 0 heterocycles. The molecule has 1 atom stereocenters. The van der Waals surface area contributed by atoms with Gasteiger partial charge in [-0.25, -0.2) is 8.42 Å². The summed E-state index contributed by atoms with van der Waals surface area (Å²) >= 11 is 0. The minimum absolute atomic E-state index is 0.237. The van der Waals surface area contributed by atoms with Crippen LogP contribution < -0.4 is 5.32 Å². The summed E-state index contributed by atoms with van der Waals surface area (Å²) in [5.74, 6) is 1.02. The quantitative estimate of drug-likeness (QED) is 0.813. The van der Waals surface area contributed by atoms with Crippen molar-refractivity contribution in [2.45, 2.75) is 32.1 Å². The van der Waals surface area contributed by atoms with Crippen molar-refractivity contribution in [2.75, 3.05) is 24.6 Å². The minimum Gasteiger partial charge on any atom is -0.315 e. The van der Waals surface area contributed by atoms with Crippen LogP contribution >= 0.6 is 0 Å². The predicted molar refractivity (Wildman–Crippen MR) is 79.3 cm³/mol. The Morgan fingerprint density at radius 2 is 2.11 bits per heavy atom. The van der Waals surface area contributed by atoms with Gasteiger partial charge in [0, 0.05) is 18.8 Å². The zero-order valence-electron chi connectivity index (χ0n) is 11.6. The maximum Gasteiger partial charge on any atom is 0.151 e. The van der Waals surface area contributed by atoms with E-state index in [4.69, 9.17) is 0 Å². The summed E-state index contributed by atoms with van der Waals surface area (Å²) in [5.41, 5.74) is 2.90. The Kier molecular flexibility index (Phi) is 4.99.